The first kappa shape index (κ1) is 19.3. The van der Waals surface area contributed by atoms with Gasteiger partial charge in [-0.3, -0.25) is 14.4 Å². The molecule has 146 valence electrons. The summed E-state index contributed by atoms with van der Waals surface area (Å²) in [6, 6.07) is 3.62. The van der Waals surface area contributed by atoms with Gasteiger partial charge in [-0.1, -0.05) is 0 Å². The molecule has 2 aliphatic heterocycles. The number of rotatable bonds is 7. The fraction of sp³-hybridized carbons (Fsp3) is 0.526. The predicted molar refractivity (Wildman–Crippen MR) is 99.5 cm³/mol. The van der Waals surface area contributed by atoms with Gasteiger partial charge in [0.2, 0.25) is 5.91 Å². The molecule has 0 radical (unpaired) electrons. The van der Waals surface area contributed by atoms with E-state index >= 15 is 0 Å². The summed E-state index contributed by atoms with van der Waals surface area (Å²) in [5, 5.41) is 5.14. The van der Waals surface area contributed by atoms with Crippen LogP contribution in [0.5, 0.6) is 0 Å². The zero-order valence-electron chi connectivity index (χ0n) is 15.7. The largest absolute Gasteiger partial charge is 0.351 e. The molecule has 1 aromatic rings. The summed E-state index contributed by atoms with van der Waals surface area (Å²) in [6.07, 6.45) is 1.50. The molecule has 0 atom stereocenters. The lowest BCUT2D eigenvalue weighted by Gasteiger charge is -2.26. The quantitative estimate of drug-likeness (QED) is 0.547. The second kappa shape index (κ2) is 8.49. The van der Waals surface area contributed by atoms with E-state index in [1.165, 1.54) is 0 Å². The van der Waals surface area contributed by atoms with Gasteiger partial charge in [-0.2, -0.15) is 0 Å². The zero-order valence-corrected chi connectivity index (χ0v) is 15.7. The highest BCUT2D eigenvalue weighted by Crippen LogP contribution is 2.38. The molecule has 0 aliphatic carbocycles. The Balaban J connectivity index is 1.62. The van der Waals surface area contributed by atoms with Crippen LogP contribution in [0.4, 0.5) is 11.4 Å². The number of ether oxygens (including phenoxy) is 2. The maximum Gasteiger partial charge on any atom is 0.313 e. The minimum absolute atomic E-state index is 0.0880. The van der Waals surface area contributed by atoms with Gasteiger partial charge >= 0.3 is 11.8 Å². The lowest BCUT2D eigenvalue weighted by atomic mass is 9.99. The number of nitrogens with zero attached hydrogens (tertiary/aromatic N) is 1. The molecule has 0 bridgehead atoms. The summed E-state index contributed by atoms with van der Waals surface area (Å²) >= 11 is 0. The third-order valence-electron chi connectivity index (χ3n) is 4.61. The third kappa shape index (κ3) is 4.28. The smallest absolute Gasteiger partial charge is 0.313 e. The lowest BCUT2D eigenvalue weighted by Crippen LogP contribution is -2.41. The normalized spacial score (nSPS) is 15.1. The third-order valence-corrected chi connectivity index (χ3v) is 4.61. The summed E-state index contributed by atoms with van der Waals surface area (Å²) in [5.74, 6) is -1.43. The Hall–Kier alpha value is -2.45. The van der Waals surface area contributed by atoms with Crippen molar-refractivity contribution in [3.05, 3.63) is 23.3 Å². The Kier molecular flexibility index (Phi) is 6.08. The van der Waals surface area contributed by atoms with E-state index in [0.29, 0.717) is 25.3 Å². The average molecular weight is 375 g/mol. The van der Waals surface area contributed by atoms with E-state index in [1.807, 2.05) is 24.8 Å². The van der Waals surface area contributed by atoms with E-state index < -0.39 is 18.1 Å². The van der Waals surface area contributed by atoms with Crippen LogP contribution in [-0.4, -0.2) is 50.3 Å². The van der Waals surface area contributed by atoms with Crippen molar-refractivity contribution in [3.63, 3.8) is 0 Å². The number of hydrogen-bond donors (Lipinski definition) is 2. The summed E-state index contributed by atoms with van der Waals surface area (Å²) in [7, 11) is 0. The molecule has 0 unspecified atom stereocenters. The van der Waals surface area contributed by atoms with Crippen molar-refractivity contribution >= 4 is 29.1 Å². The number of aryl methyl sites for hydroxylation is 1. The molecular weight excluding hydrogens is 350 g/mol. The SMILES string of the molecule is CCOC(CNC(=O)C(=O)Nc1cc2c3c(c1)CC(=O)N3CCC2)OCC. The molecule has 0 saturated carbocycles. The van der Waals surface area contributed by atoms with Gasteiger partial charge in [0, 0.05) is 25.4 Å². The molecule has 2 heterocycles. The van der Waals surface area contributed by atoms with Crippen molar-refractivity contribution in [2.24, 2.45) is 0 Å². The van der Waals surface area contributed by atoms with Crippen molar-refractivity contribution in [2.45, 2.75) is 39.4 Å². The van der Waals surface area contributed by atoms with E-state index in [0.717, 1.165) is 36.2 Å². The van der Waals surface area contributed by atoms with E-state index in [2.05, 4.69) is 10.6 Å². The van der Waals surface area contributed by atoms with E-state index in [1.54, 1.807) is 6.07 Å². The van der Waals surface area contributed by atoms with Gasteiger partial charge in [0.15, 0.2) is 6.29 Å². The van der Waals surface area contributed by atoms with Crippen LogP contribution in [0, 0.1) is 0 Å². The topological polar surface area (TPSA) is 97.0 Å². The molecule has 0 saturated heterocycles. The number of amides is 3. The van der Waals surface area contributed by atoms with Crippen molar-refractivity contribution in [2.75, 3.05) is 36.5 Å². The highest BCUT2D eigenvalue weighted by Gasteiger charge is 2.32. The van der Waals surface area contributed by atoms with Crippen molar-refractivity contribution < 1.29 is 23.9 Å². The van der Waals surface area contributed by atoms with Gasteiger partial charge in [0.05, 0.1) is 18.7 Å². The number of carbonyl (C=O) groups excluding carboxylic acids is 3. The number of carbonyl (C=O) groups is 3. The van der Waals surface area contributed by atoms with Crippen LogP contribution in [-0.2, 0) is 36.7 Å². The van der Waals surface area contributed by atoms with Crippen LogP contribution in [0.15, 0.2) is 12.1 Å². The fourth-order valence-electron chi connectivity index (χ4n) is 3.53. The monoisotopic (exact) mass is 375 g/mol. The van der Waals surface area contributed by atoms with Gasteiger partial charge in [0.1, 0.15) is 0 Å². The highest BCUT2D eigenvalue weighted by molar-refractivity contribution is 6.39. The minimum Gasteiger partial charge on any atom is -0.351 e. The summed E-state index contributed by atoms with van der Waals surface area (Å²) < 4.78 is 10.7. The van der Waals surface area contributed by atoms with Gasteiger partial charge in [-0.05, 0) is 49.9 Å². The predicted octanol–water partition coefficient (Wildman–Crippen LogP) is 0.976. The maximum atomic E-state index is 12.2. The fourth-order valence-corrected chi connectivity index (χ4v) is 3.53. The first-order valence-corrected chi connectivity index (χ1v) is 9.32. The Morgan fingerprint density at radius 3 is 2.56 bits per heavy atom. The Bertz CT molecular complexity index is 743. The number of nitrogens with one attached hydrogen (secondary N) is 2. The number of benzene rings is 1. The zero-order chi connectivity index (χ0) is 19.4. The average Bonchev–Trinajstić information content (AvgIpc) is 2.97. The molecule has 27 heavy (non-hydrogen) atoms. The van der Waals surface area contributed by atoms with Gasteiger partial charge in [-0.25, -0.2) is 0 Å². The molecule has 8 heteroatoms. The molecule has 3 rings (SSSR count). The number of hydrogen-bond acceptors (Lipinski definition) is 5. The first-order valence-electron chi connectivity index (χ1n) is 9.32. The van der Waals surface area contributed by atoms with Crippen LogP contribution in [0.3, 0.4) is 0 Å². The first-order chi connectivity index (χ1) is 13.0. The maximum absolute atomic E-state index is 12.2. The van der Waals surface area contributed by atoms with E-state index in [4.69, 9.17) is 9.47 Å². The van der Waals surface area contributed by atoms with Crippen LogP contribution in [0.2, 0.25) is 0 Å². The molecule has 8 nitrogen and oxygen atoms in total. The van der Waals surface area contributed by atoms with Gasteiger partial charge in [0.25, 0.3) is 0 Å². The second-order valence-corrected chi connectivity index (χ2v) is 6.47. The molecule has 2 N–H and O–H groups in total. The number of anilines is 2. The molecule has 2 aliphatic rings. The van der Waals surface area contributed by atoms with Gasteiger partial charge in [-0.15, -0.1) is 0 Å². The van der Waals surface area contributed by atoms with E-state index in [9.17, 15) is 14.4 Å². The molecule has 3 amide bonds. The standard InChI is InChI=1S/C19H25N3O5/c1-3-26-16(27-4-2)11-20-18(24)19(25)21-14-8-12-6-5-7-22-15(23)10-13(9-14)17(12)22/h8-9,16H,3-7,10-11H2,1-2H3,(H,20,24)(H,21,25). The van der Waals surface area contributed by atoms with Crippen LogP contribution in [0.1, 0.15) is 31.4 Å². The summed E-state index contributed by atoms with van der Waals surface area (Å²) in [4.78, 5) is 38.2. The summed E-state index contributed by atoms with van der Waals surface area (Å²) in [5.41, 5.74) is 3.45. The van der Waals surface area contributed by atoms with Crippen LogP contribution in [0.25, 0.3) is 0 Å². The van der Waals surface area contributed by atoms with Crippen molar-refractivity contribution in [1.82, 2.24) is 5.32 Å². The molecule has 0 fully saturated rings. The Labute approximate surface area is 158 Å². The van der Waals surface area contributed by atoms with Crippen molar-refractivity contribution in [3.8, 4) is 0 Å². The Morgan fingerprint density at radius 2 is 1.85 bits per heavy atom. The highest BCUT2D eigenvalue weighted by atomic mass is 16.7. The van der Waals surface area contributed by atoms with Crippen molar-refractivity contribution in [1.29, 1.82) is 0 Å². The minimum atomic E-state index is -0.758. The molecular formula is C19H25N3O5. The van der Waals surface area contributed by atoms with Crippen LogP contribution < -0.4 is 15.5 Å². The summed E-state index contributed by atoms with van der Waals surface area (Å²) in [6.45, 7) is 5.38. The van der Waals surface area contributed by atoms with Gasteiger partial charge < -0.3 is 25.0 Å². The Morgan fingerprint density at radius 1 is 1.15 bits per heavy atom. The van der Waals surface area contributed by atoms with Crippen LogP contribution >= 0.6 is 0 Å². The second-order valence-electron chi connectivity index (χ2n) is 6.47. The van der Waals surface area contributed by atoms with E-state index in [-0.39, 0.29) is 12.5 Å². The molecule has 0 aromatic heterocycles. The molecule has 0 spiro atoms. The lowest BCUT2D eigenvalue weighted by molar-refractivity contribution is -0.145. The molecule has 1 aromatic carbocycles.